The molecule has 4 nitrogen and oxygen atoms in total. The summed E-state index contributed by atoms with van der Waals surface area (Å²) >= 11 is 3.51. The van der Waals surface area contributed by atoms with Crippen LogP contribution in [0.5, 0.6) is 0 Å². The maximum atomic E-state index is 14.3. The molecule has 1 N–H and O–H groups in total. The topological polar surface area (TPSA) is 51.2 Å². The van der Waals surface area contributed by atoms with Gasteiger partial charge in [-0.15, -0.1) is 11.3 Å². The maximum absolute atomic E-state index is 14.3. The van der Waals surface area contributed by atoms with Gasteiger partial charge in [0.05, 0.1) is 12.2 Å². The number of carbonyl (C=O) groups excluding carboxylic acids is 1. The van der Waals surface area contributed by atoms with Gasteiger partial charge in [0.2, 0.25) is 0 Å². The van der Waals surface area contributed by atoms with E-state index in [9.17, 15) is 9.18 Å². The van der Waals surface area contributed by atoms with Crippen LogP contribution < -0.4 is 5.48 Å². The molecular weight excluding hydrogens is 478 g/mol. The maximum Gasteiger partial charge on any atom is 0.276 e. The van der Waals surface area contributed by atoms with Gasteiger partial charge in [-0.25, -0.2) is 14.9 Å². The Morgan fingerprint density at radius 3 is 2.93 bits per heavy atom. The highest BCUT2D eigenvalue weighted by atomic mass is 127. The van der Waals surface area contributed by atoms with Gasteiger partial charge in [0, 0.05) is 25.9 Å². The highest BCUT2D eigenvalue weighted by Crippen LogP contribution is 2.33. The van der Waals surface area contributed by atoms with Gasteiger partial charge in [0.25, 0.3) is 5.91 Å². The molecule has 0 saturated heterocycles. The van der Waals surface area contributed by atoms with Crippen LogP contribution in [0.1, 0.15) is 39.3 Å². The summed E-state index contributed by atoms with van der Waals surface area (Å²) in [4.78, 5) is 24.3. The first-order chi connectivity index (χ1) is 13.0. The van der Waals surface area contributed by atoms with Gasteiger partial charge in [-0.1, -0.05) is 6.07 Å². The third-order valence-electron chi connectivity index (χ3n) is 4.54. The van der Waals surface area contributed by atoms with Crippen molar-refractivity contribution in [3.63, 3.8) is 0 Å². The van der Waals surface area contributed by atoms with Crippen LogP contribution in [0.3, 0.4) is 0 Å². The number of pyridine rings is 1. The van der Waals surface area contributed by atoms with Crippen LogP contribution in [0.25, 0.3) is 10.2 Å². The molecule has 0 aliphatic heterocycles. The van der Waals surface area contributed by atoms with Crippen molar-refractivity contribution < 1.29 is 14.0 Å². The summed E-state index contributed by atoms with van der Waals surface area (Å²) in [5.74, 6) is -0.0116. The fourth-order valence-corrected chi connectivity index (χ4v) is 4.58. The second-order valence-electron chi connectivity index (χ2n) is 6.80. The number of amides is 1. The third kappa shape index (κ3) is 4.30. The van der Waals surface area contributed by atoms with E-state index in [1.54, 1.807) is 6.07 Å². The van der Waals surface area contributed by atoms with Gasteiger partial charge in [-0.05, 0) is 78.1 Å². The summed E-state index contributed by atoms with van der Waals surface area (Å²) in [5.41, 5.74) is 4.53. The molecule has 1 aliphatic carbocycles. The number of nitrogens with one attached hydrogen (secondary N) is 1. The number of benzene rings is 1. The molecule has 2 heterocycles. The molecule has 0 unspecified atom stereocenters. The smallest absolute Gasteiger partial charge is 0.273 e. The third-order valence-corrected chi connectivity index (χ3v) is 6.31. The van der Waals surface area contributed by atoms with Crippen molar-refractivity contribution in [1.82, 2.24) is 10.5 Å². The number of hydrogen-bond acceptors (Lipinski definition) is 4. The van der Waals surface area contributed by atoms with Crippen LogP contribution in [0, 0.1) is 22.2 Å². The fourth-order valence-electron chi connectivity index (χ4n) is 2.89. The minimum Gasteiger partial charge on any atom is -0.273 e. The van der Waals surface area contributed by atoms with Crippen molar-refractivity contribution >= 4 is 50.1 Å². The van der Waals surface area contributed by atoms with E-state index in [0.29, 0.717) is 30.1 Å². The number of aryl methyl sites for hydroxylation is 1. The van der Waals surface area contributed by atoms with E-state index in [2.05, 4.69) is 33.1 Å². The Morgan fingerprint density at radius 2 is 2.19 bits per heavy atom. The van der Waals surface area contributed by atoms with Crippen molar-refractivity contribution in [3.05, 3.63) is 61.4 Å². The van der Waals surface area contributed by atoms with Gasteiger partial charge in [-0.2, -0.15) is 0 Å². The van der Waals surface area contributed by atoms with Gasteiger partial charge >= 0.3 is 0 Å². The predicted molar refractivity (Wildman–Crippen MR) is 112 cm³/mol. The zero-order valence-corrected chi connectivity index (χ0v) is 17.7. The lowest BCUT2D eigenvalue weighted by Crippen LogP contribution is -2.25. The Kier molecular flexibility index (Phi) is 5.43. The molecule has 2 aromatic heterocycles. The fraction of sp³-hybridized carbons (Fsp3) is 0.300. The average molecular weight is 496 g/mol. The van der Waals surface area contributed by atoms with Gasteiger partial charge in [0.1, 0.15) is 10.6 Å². The average Bonchev–Trinajstić information content (AvgIpc) is 3.37. The summed E-state index contributed by atoms with van der Waals surface area (Å²) in [6, 6.07) is 8.92. The summed E-state index contributed by atoms with van der Waals surface area (Å²) in [6.07, 6.45) is 2.64. The number of nitrogens with zero attached hydrogens (tertiary/aromatic N) is 1. The molecule has 3 aromatic rings. The first-order valence-corrected chi connectivity index (χ1v) is 10.7. The Hall–Kier alpha value is -1.58. The molecule has 1 saturated carbocycles. The molecule has 1 fully saturated rings. The summed E-state index contributed by atoms with van der Waals surface area (Å²) in [5, 5.41) is 0.777. The van der Waals surface area contributed by atoms with Crippen LogP contribution in [0.4, 0.5) is 4.39 Å². The Balaban J connectivity index is 1.67. The van der Waals surface area contributed by atoms with E-state index in [0.717, 1.165) is 37.2 Å². The molecular formula is C20H18FIN2O2S. The van der Waals surface area contributed by atoms with E-state index >= 15 is 0 Å². The predicted octanol–water partition coefficient (Wildman–Crippen LogP) is 5.01. The van der Waals surface area contributed by atoms with E-state index < -0.39 is 0 Å². The number of halogens is 2. The lowest BCUT2D eigenvalue weighted by Gasteiger charge is -2.08. The zero-order valence-electron chi connectivity index (χ0n) is 14.7. The molecule has 1 amide bonds. The lowest BCUT2D eigenvalue weighted by molar-refractivity contribution is 0.0271. The summed E-state index contributed by atoms with van der Waals surface area (Å²) in [7, 11) is 0. The number of hydrogen-bond donors (Lipinski definition) is 1. The molecule has 140 valence electrons. The number of carbonyl (C=O) groups is 1. The Labute approximate surface area is 174 Å². The monoisotopic (exact) mass is 496 g/mol. The highest BCUT2D eigenvalue weighted by Gasteiger charge is 2.24. The molecule has 7 heteroatoms. The van der Waals surface area contributed by atoms with Crippen LogP contribution in [0.2, 0.25) is 0 Å². The standard InChI is InChI=1S/C20H18FIN2O2S/c1-11-2-7-15-18(19(25)24-26-10-12-3-4-12)17(27-20(15)23-11)8-13-5-6-14(22)9-16(13)21/h2,5-7,9,12H,3-4,8,10H2,1H3,(H,24,25). The first kappa shape index (κ1) is 18.8. The number of rotatable bonds is 6. The van der Waals surface area contributed by atoms with Gasteiger partial charge < -0.3 is 0 Å². The van der Waals surface area contributed by atoms with Crippen molar-refractivity contribution in [2.24, 2.45) is 5.92 Å². The normalized spacial score (nSPS) is 13.9. The highest BCUT2D eigenvalue weighted by molar-refractivity contribution is 14.1. The number of thiophene rings is 1. The molecule has 0 atom stereocenters. The van der Waals surface area contributed by atoms with Crippen LogP contribution in [-0.4, -0.2) is 17.5 Å². The molecule has 0 bridgehead atoms. The van der Waals surface area contributed by atoms with Gasteiger partial charge in [-0.3, -0.25) is 9.63 Å². The SMILES string of the molecule is Cc1ccc2c(C(=O)NOCC3CC3)c(Cc3ccc(I)cc3F)sc2n1. The quantitative estimate of drug-likeness (QED) is 0.386. The lowest BCUT2D eigenvalue weighted by atomic mass is 10.1. The second kappa shape index (κ2) is 7.81. The summed E-state index contributed by atoms with van der Waals surface area (Å²) < 4.78 is 15.2. The molecule has 1 aliphatic rings. The van der Waals surface area contributed by atoms with Gasteiger partial charge in [0.15, 0.2) is 0 Å². The molecule has 0 radical (unpaired) electrons. The van der Waals surface area contributed by atoms with E-state index in [-0.39, 0.29) is 11.7 Å². The minimum absolute atomic E-state index is 0.264. The second-order valence-corrected chi connectivity index (χ2v) is 9.13. The van der Waals surface area contributed by atoms with Crippen LogP contribution in [-0.2, 0) is 11.3 Å². The van der Waals surface area contributed by atoms with Crippen LogP contribution in [0.15, 0.2) is 30.3 Å². The van der Waals surface area contributed by atoms with Crippen LogP contribution >= 0.6 is 33.9 Å². The molecule has 27 heavy (non-hydrogen) atoms. The summed E-state index contributed by atoms with van der Waals surface area (Å²) in [6.45, 7) is 2.45. The first-order valence-electron chi connectivity index (χ1n) is 8.76. The molecule has 0 spiro atoms. The minimum atomic E-state index is -0.298. The number of fused-ring (bicyclic) bond motifs is 1. The van der Waals surface area contributed by atoms with E-state index in [1.165, 1.54) is 17.4 Å². The molecule has 4 rings (SSSR count). The van der Waals surface area contributed by atoms with Crippen molar-refractivity contribution in [2.75, 3.05) is 6.61 Å². The van der Waals surface area contributed by atoms with Crippen molar-refractivity contribution in [3.8, 4) is 0 Å². The van der Waals surface area contributed by atoms with Crippen molar-refractivity contribution in [2.45, 2.75) is 26.2 Å². The van der Waals surface area contributed by atoms with Crippen molar-refractivity contribution in [1.29, 1.82) is 0 Å². The Morgan fingerprint density at radius 1 is 1.37 bits per heavy atom. The largest absolute Gasteiger partial charge is 0.276 e. The van der Waals surface area contributed by atoms with E-state index in [1.807, 2.05) is 25.1 Å². The molecule has 1 aromatic carbocycles. The number of hydroxylamine groups is 1. The Bertz CT molecular complexity index is 1020. The number of aromatic nitrogens is 1. The zero-order chi connectivity index (χ0) is 19.0. The van der Waals surface area contributed by atoms with E-state index in [4.69, 9.17) is 4.84 Å².